The Morgan fingerprint density at radius 2 is 0.958 bits per heavy atom. The van der Waals surface area contributed by atoms with Gasteiger partial charge in [0.2, 0.25) is 0 Å². The highest BCUT2D eigenvalue weighted by Gasteiger charge is 2.43. The number of benzene rings is 2. The Hall–Kier alpha value is -7.20. The van der Waals surface area contributed by atoms with Crippen LogP contribution in [0.1, 0.15) is 68.9 Å². The molecule has 0 aromatic heterocycles. The molecule has 0 aliphatic carbocycles. The maximum atomic E-state index is 12.4. The summed E-state index contributed by atoms with van der Waals surface area (Å²) in [5.41, 5.74) is -3.15. The summed E-state index contributed by atoms with van der Waals surface area (Å²) in [6.45, 7) is 14.4. The Morgan fingerprint density at radius 3 is 1.35 bits per heavy atom. The molecule has 2 aromatic carbocycles. The molecule has 72 heavy (non-hydrogen) atoms. The predicted molar refractivity (Wildman–Crippen MR) is 258 cm³/mol. The number of esters is 4. The second-order valence-electron chi connectivity index (χ2n) is 16.1. The lowest BCUT2D eigenvalue weighted by atomic mass is 9.93. The average molecular weight is 1030 g/mol. The number of ether oxygens (including phenoxy) is 12. The predicted octanol–water partition coefficient (Wildman–Crippen LogP) is 7.10. The van der Waals surface area contributed by atoms with Crippen molar-refractivity contribution in [3.63, 3.8) is 0 Å². The first-order valence-corrected chi connectivity index (χ1v) is 21.6. The Morgan fingerprint density at radius 1 is 0.583 bits per heavy atom. The van der Waals surface area contributed by atoms with E-state index in [1.54, 1.807) is 52.0 Å². The first-order chi connectivity index (χ1) is 33.2. The van der Waals surface area contributed by atoms with Crippen molar-refractivity contribution in [2.45, 2.75) is 69.6 Å². The van der Waals surface area contributed by atoms with Crippen LogP contribution in [0.25, 0.3) is 0 Å². The monoisotopic (exact) mass is 1030 g/mol. The molecule has 2 N–H and O–H groups in total. The highest BCUT2D eigenvalue weighted by atomic mass is 16.8. The van der Waals surface area contributed by atoms with E-state index < -0.39 is 96.6 Å². The molecule has 22 heteroatoms. The largest absolute Gasteiger partial charge is 0.508 e. The maximum absolute atomic E-state index is 12.4. The zero-order valence-electron chi connectivity index (χ0n) is 40.3. The number of cyclic esters (lactones) is 4. The second-order valence-corrected chi connectivity index (χ2v) is 16.1. The average Bonchev–Trinajstić information content (AvgIpc) is 3.37. The minimum atomic E-state index is -1.57. The molecule has 0 spiro atoms. The molecule has 0 bridgehead atoms. The first-order valence-electron chi connectivity index (χ1n) is 21.6. The van der Waals surface area contributed by atoms with Gasteiger partial charge in [-0.3, -0.25) is 19.2 Å². The van der Waals surface area contributed by atoms with Crippen molar-refractivity contribution in [1.82, 2.24) is 0 Å². The summed E-state index contributed by atoms with van der Waals surface area (Å²) < 4.78 is 57.9. The van der Waals surface area contributed by atoms with Gasteiger partial charge >= 0.3 is 48.5 Å². The van der Waals surface area contributed by atoms with E-state index in [1.165, 1.54) is 26.0 Å². The molecule has 22 nitrogen and oxygen atoms in total. The molecule has 2 unspecified atom stereocenters. The zero-order chi connectivity index (χ0) is 52.6. The minimum Gasteiger partial charge on any atom is -0.465 e. The molecule has 2 atom stereocenters. The van der Waals surface area contributed by atoms with E-state index in [4.69, 9.17) is 43.0 Å². The van der Waals surface area contributed by atoms with Crippen LogP contribution < -0.4 is 0 Å². The van der Waals surface area contributed by atoms with Gasteiger partial charge in [0.1, 0.15) is 87.7 Å². The van der Waals surface area contributed by atoms with Gasteiger partial charge in [-0.1, -0.05) is 101 Å². The van der Waals surface area contributed by atoms with Crippen molar-refractivity contribution in [3.8, 4) is 0 Å². The van der Waals surface area contributed by atoms with E-state index in [1.807, 2.05) is 36.4 Å². The standard InChI is InChI=1S/C24H32O11.C9H12O5.C8H12O5.C7H8O.2CH4.H2/c1-5-12-31-19(26)23(3,14-25)15-33-22(29)35-17-24(4,20(27)30-6-2)16-34-21(28)32-13-18-10-8-7-9-11-18;1-3-4-12-7(10)9(2)5-13-8(11)14-6-9;1-3-11-6(9)8(2)4-12-7(10)13-5-8;8-6-7-4-2-1-3-5-7;;;/h5,7-11,25H,1,6,12-17H2,2-4H3;3H,1,4-6H2,2H3;3-5H2,1-2H3;1-5,8H,6H2;2*1H4;1H. The fraction of sp³-hybridized carbons (Fsp3) is 0.520. The molecule has 0 radical (unpaired) electrons. The van der Waals surface area contributed by atoms with Crippen LogP contribution in [0.5, 0.6) is 0 Å². The third kappa shape index (κ3) is 24.6. The molecular weight excluding hydrogens is 953 g/mol. The van der Waals surface area contributed by atoms with Gasteiger partial charge in [0.25, 0.3) is 0 Å². The highest BCUT2D eigenvalue weighted by Crippen LogP contribution is 2.26. The van der Waals surface area contributed by atoms with Gasteiger partial charge in [0.15, 0.2) is 0 Å². The first kappa shape index (κ1) is 66.9. The van der Waals surface area contributed by atoms with Crippen LogP contribution in [0.3, 0.4) is 0 Å². The summed E-state index contributed by atoms with van der Waals surface area (Å²) in [5, 5.41) is 18.1. The van der Waals surface area contributed by atoms with Crippen molar-refractivity contribution in [3.05, 3.63) is 97.1 Å². The van der Waals surface area contributed by atoms with Crippen LogP contribution in [0.2, 0.25) is 0 Å². The number of carbonyl (C=O) groups excluding carboxylic acids is 8. The van der Waals surface area contributed by atoms with E-state index in [9.17, 15) is 43.5 Å². The second kappa shape index (κ2) is 35.0. The van der Waals surface area contributed by atoms with Gasteiger partial charge in [0, 0.05) is 1.43 Å². The smallest absolute Gasteiger partial charge is 0.465 e. The third-order valence-electron chi connectivity index (χ3n) is 9.32. The van der Waals surface area contributed by atoms with Gasteiger partial charge in [-0.25, -0.2) is 19.2 Å². The SMILES string of the molecule is C.C.C=CCOC(=O)C(C)(CO)COC(=O)OCC(C)(COC(=O)OCc1ccccc1)C(=O)OCC.C=CCOC(=O)C1(C)COC(=O)OC1.CCOC(=O)C1(C)COC(=O)OC1.OCc1ccccc1.[HH]. The molecule has 4 rings (SSSR count). The van der Waals surface area contributed by atoms with Crippen LogP contribution in [0, 0.1) is 21.7 Å². The van der Waals surface area contributed by atoms with Crippen molar-refractivity contribution in [1.29, 1.82) is 0 Å². The van der Waals surface area contributed by atoms with Crippen molar-refractivity contribution in [2.24, 2.45) is 21.7 Å². The quantitative estimate of drug-likeness (QED) is 0.0759. The summed E-state index contributed by atoms with van der Waals surface area (Å²) in [5.74, 6) is -2.43. The molecule has 2 aromatic rings. The highest BCUT2D eigenvalue weighted by molar-refractivity contribution is 5.80. The summed E-state index contributed by atoms with van der Waals surface area (Å²) in [6, 6.07) is 18.4. The van der Waals surface area contributed by atoms with Gasteiger partial charge in [-0.2, -0.15) is 0 Å². The molecule has 0 saturated carbocycles. The van der Waals surface area contributed by atoms with Crippen LogP contribution in [0.15, 0.2) is 86.0 Å². The fourth-order valence-electron chi connectivity index (χ4n) is 4.87. The summed E-state index contributed by atoms with van der Waals surface area (Å²) in [4.78, 5) is 92.4. The van der Waals surface area contributed by atoms with Crippen molar-refractivity contribution < 1.29 is 107 Å². The van der Waals surface area contributed by atoms with Gasteiger partial charge < -0.3 is 67.1 Å². The van der Waals surface area contributed by atoms with Gasteiger partial charge in [0.05, 0.1) is 26.4 Å². The van der Waals surface area contributed by atoms with Crippen molar-refractivity contribution in [2.75, 3.05) is 79.3 Å². The van der Waals surface area contributed by atoms with Gasteiger partial charge in [-0.05, 0) is 52.7 Å². The van der Waals surface area contributed by atoms with Crippen molar-refractivity contribution >= 4 is 48.5 Å². The summed E-state index contributed by atoms with van der Waals surface area (Å²) in [6.07, 6.45) is -0.912. The Balaban J connectivity index is -0.00000105. The minimum absolute atomic E-state index is 0. The number of carbonyl (C=O) groups is 8. The van der Waals surface area contributed by atoms with Crippen LogP contribution in [0.4, 0.5) is 19.2 Å². The zero-order valence-corrected chi connectivity index (χ0v) is 40.3. The van der Waals surface area contributed by atoms with E-state index in [2.05, 4.69) is 32.1 Å². The summed E-state index contributed by atoms with van der Waals surface area (Å²) >= 11 is 0. The van der Waals surface area contributed by atoms with E-state index in [0.717, 1.165) is 11.1 Å². The molecule has 2 heterocycles. The Kier molecular flexibility index (Phi) is 32.5. The van der Waals surface area contributed by atoms with E-state index in [-0.39, 0.29) is 75.7 Å². The normalized spacial score (nSPS) is 15.1. The van der Waals surface area contributed by atoms with E-state index >= 15 is 0 Å². The van der Waals surface area contributed by atoms with Crippen LogP contribution >= 0.6 is 0 Å². The number of hydrogen-bond acceptors (Lipinski definition) is 22. The lowest BCUT2D eigenvalue weighted by Gasteiger charge is -2.29. The number of hydrogen-bond donors (Lipinski definition) is 2. The Labute approximate surface area is 422 Å². The van der Waals surface area contributed by atoms with E-state index in [0.29, 0.717) is 6.61 Å². The van der Waals surface area contributed by atoms with Gasteiger partial charge in [-0.15, -0.1) is 0 Å². The number of aliphatic hydroxyl groups is 2. The molecule has 2 aliphatic heterocycles. The molecule has 0 amide bonds. The molecule has 2 fully saturated rings. The molecule has 406 valence electrons. The third-order valence-corrected chi connectivity index (χ3v) is 9.32. The molecule has 2 saturated heterocycles. The maximum Gasteiger partial charge on any atom is 0.508 e. The topological polar surface area (TPSA) is 288 Å². The lowest BCUT2D eigenvalue weighted by Crippen LogP contribution is -2.44. The lowest BCUT2D eigenvalue weighted by molar-refractivity contribution is -0.166. The number of rotatable bonds is 20. The molecule has 2 aliphatic rings. The summed E-state index contributed by atoms with van der Waals surface area (Å²) in [7, 11) is 0. The molecular formula is C50H74O22. The Bertz CT molecular complexity index is 1980. The number of aliphatic hydroxyl groups excluding tert-OH is 2. The van der Waals surface area contributed by atoms with Crippen LogP contribution in [-0.4, -0.2) is 138 Å². The fourth-order valence-corrected chi connectivity index (χ4v) is 4.87. The van der Waals surface area contributed by atoms with Crippen LogP contribution in [-0.2, 0) is 89.2 Å².